The lowest BCUT2D eigenvalue weighted by Crippen LogP contribution is -2.54. The molecule has 0 bridgehead atoms. The second kappa shape index (κ2) is 8.28. The maximum atomic E-state index is 13.4. The van der Waals surface area contributed by atoms with Crippen molar-refractivity contribution in [3.63, 3.8) is 0 Å². The van der Waals surface area contributed by atoms with Crippen LogP contribution in [0.5, 0.6) is 0 Å². The summed E-state index contributed by atoms with van der Waals surface area (Å²) >= 11 is 0. The van der Waals surface area contributed by atoms with Crippen molar-refractivity contribution in [2.24, 2.45) is 5.73 Å². The summed E-state index contributed by atoms with van der Waals surface area (Å²) in [5.41, 5.74) is 15.9. The van der Waals surface area contributed by atoms with Gasteiger partial charge in [-0.05, 0) is 37.1 Å². The molecular formula is C23H26N8O2. The van der Waals surface area contributed by atoms with Crippen molar-refractivity contribution >= 4 is 34.5 Å². The Morgan fingerprint density at radius 3 is 2.61 bits per heavy atom. The van der Waals surface area contributed by atoms with Crippen LogP contribution in [0.4, 0.5) is 16.3 Å². The molecule has 2 aliphatic rings. The van der Waals surface area contributed by atoms with Crippen molar-refractivity contribution in [3.05, 3.63) is 42.2 Å². The molecule has 5 rings (SSSR count). The Morgan fingerprint density at radius 1 is 1.12 bits per heavy atom. The molecule has 4 N–H and O–H groups in total. The smallest absolute Gasteiger partial charge is 0.324 e. The van der Waals surface area contributed by atoms with Crippen LogP contribution < -0.4 is 16.4 Å². The SMILES string of the molecule is CN1Cc2cnc3ccc(-c4ccc(N)nc4)nc3c2N(C2CCN(CC(N)=O)CC2)C1=O. The number of primary amides is 1. The first-order chi connectivity index (χ1) is 15.9. The van der Waals surface area contributed by atoms with Crippen LogP contribution in [0, 0.1) is 0 Å². The molecule has 1 fully saturated rings. The fourth-order valence-corrected chi connectivity index (χ4v) is 4.69. The van der Waals surface area contributed by atoms with E-state index in [0.29, 0.717) is 31.0 Å². The van der Waals surface area contributed by atoms with Gasteiger partial charge < -0.3 is 16.4 Å². The summed E-state index contributed by atoms with van der Waals surface area (Å²) in [5, 5.41) is 0. The van der Waals surface area contributed by atoms with E-state index in [2.05, 4.69) is 9.97 Å². The lowest BCUT2D eigenvalue weighted by molar-refractivity contribution is -0.119. The molecular weight excluding hydrogens is 420 g/mol. The summed E-state index contributed by atoms with van der Waals surface area (Å²) in [7, 11) is 1.80. The minimum absolute atomic E-state index is 0.00243. The minimum Gasteiger partial charge on any atom is -0.384 e. The van der Waals surface area contributed by atoms with Gasteiger partial charge in [0.2, 0.25) is 5.91 Å². The molecule has 3 aromatic heterocycles. The maximum absolute atomic E-state index is 13.4. The number of amides is 3. The highest BCUT2D eigenvalue weighted by molar-refractivity contribution is 6.04. The van der Waals surface area contributed by atoms with Gasteiger partial charge in [-0.25, -0.2) is 14.8 Å². The fraction of sp³-hybridized carbons (Fsp3) is 0.348. The number of piperidine rings is 1. The first kappa shape index (κ1) is 21.1. The number of pyridine rings is 3. The quantitative estimate of drug-likeness (QED) is 0.621. The molecule has 5 heterocycles. The molecule has 0 radical (unpaired) electrons. The fourth-order valence-electron chi connectivity index (χ4n) is 4.69. The predicted octanol–water partition coefficient (Wildman–Crippen LogP) is 1.60. The van der Waals surface area contributed by atoms with Crippen molar-refractivity contribution in [2.45, 2.75) is 25.4 Å². The molecule has 0 aromatic carbocycles. The first-order valence-corrected chi connectivity index (χ1v) is 11.0. The Kier molecular flexibility index (Phi) is 5.29. The van der Waals surface area contributed by atoms with Crippen LogP contribution >= 0.6 is 0 Å². The van der Waals surface area contributed by atoms with Gasteiger partial charge in [-0.1, -0.05) is 0 Å². The van der Waals surface area contributed by atoms with Gasteiger partial charge in [-0.3, -0.25) is 19.6 Å². The number of hydrogen-bond donors (Lipinski definition) is 2. The average Bonchev–Trinajstić information content (AvgIpc) is 2.80. The number of anilines is 2. The van der Waals surface area contributed by atoms with E-state index in [1.165, 1.54) is 0 Å². The standard InChI is InChI=1S/C23H26N8O2/c1-29-12-15-11-26-18-4-3-17(14-2-5-19(24)27-10-14)28-21(18)22(15)31(23(29)33)16-6-8-30(9-7-16)13-20(25)32/h2-5,10-11,16H,6-9,12-13H2,1H3,(H2,24,27)(H2,25,32). The monoisotopic (exact) mass is 446 g/mol. The maximum Gasteiger partial charge on any atom is 0.324 e. The highest BCUT2D eigenvalue weighted by Crippen LogP contribution is 2.37. The first-order valence-electron chi connectivity index (χ1n) is 11.0. The lowest BCUT2D eigenvalue weighted by Gasteiger charge is -2.43. The Labute approximate surface area is 191 Å². The van der Waals surface area contributed by atoms with E-state index in [-0.39, 0.29) is 24.5 Å². The van der Waals surface area contributed by atoms with Gasteiger partial charge in [0.05, 0.1) is 30.0 Å². The van der Waals surface area contributed by atoms with Crippen LogP contribution in [-0.2, 0) is 11.3 Å². The highest BCUT2D eigenvalue weighted by Gasteiger charge is 2.37. The van der Waals surface area contributed by atoms with Crippen LogP contribution in [0.25, 0.3) is 22.3 Å². The molecule has 170 valence electrons. The van der Waals surface area contributed by atoms with Crippen LogP contribution in [0.15, 0.2) is 36.7 Å². The predicted molar refractivity (Wildman–Crippen MR) is 125 cm³/mol. The summed E-state index contributed by atoms with van der Waals surface area (Å²) in [4.78, 5) is 44.0. The molecule has 33 heavy (non-hydrogen) atoms. The van der Waals surface area contributed by atoms with Crippen LogP contribution in [0.3, 0.4) is 0 Å². The second-order valence-corrected chi connectivity index (χ2v) is 8.65. The number of aromatic nitrogens is 3. The van der Waals surface area contributed by atoms with E-state index in [1.54, 1.807) is 24.2 Å². The molecule has 10 nitrogen and oxygen atoms in total. The number of likely N-dealkylation sites (tertiary alicyclic amines) is 1. The number of nitrogens with two attached hydrogens (primary N) is 2. The number of nitrogen functional groups attached to an aromatic ring is 1. The number of fused-ring (bicyclic) bond motifs is 3. The molecule has 3 amide bonds. The van der Waals surface area contributed by atoms with Gasteiger partial charge in [-0.2, -0.15) is 0 Å². The molecule has 0 aliphatic carbocycles. The number of nitrogens with zero attached hydrogens (tertiary/aromatic N) is 6. The van der Waals surface area contributed by atoms with Gasteiger partial charge >= 0.3 is 6.03 Å². The third-order valence-corrected chi connectivity index (χ3v) is 6.33. The Morgan fingerprint density at radius 2 is 1.91 bits per heavy atom. The van der Waals surface area contributed by atoms with Gasteiger partial charge in [0, 0.05) is 49.7 Å². The van der Waals surface area contributed by atoms with Crippen LogP contribution in [-0.4, -0.2) is 69.4 Å². The summed E-state index contributed by atoms with van der Waals surface area (Å²) in [6.07, 6.45) is 5.02. The third-order valence-electron chi connectivity index (χ3n) is 6.33. The molecule has 2 aliphatic heterocycles. The second-order valence-electron chi connectivity index (χ2n) is 8.65. The lowest BCUT2D eigenvalue weighted by atomic mass is 9.99. The van der Waals surface area contributed by atoms with E-state index >= 15 is 0 Å². The summed E-state index contributed by atoms with van der Waals surface area (Å²) < 4.78 is 0. The number of carbonyl (C=O) groups is 2. The zero-order chi connectivity index (χ0) is 23.1. The van der Waals surface area contributed by atoms with E-state index in [0.717, 1.165) is 40.9 Å². The molecule has 1 saturated heterocycles. The van der Waals surface area contributed by atoms with E-state index in [1.807, 2.05) is 34.2 Å². The summed E-state index contributed by atoms with van der Waals surface area (Å²) in [5.74, 6) is 0.111. The highest BCUT2D eigenvalue weighted by atomic mass is 16.2. The van der Waals surface area contributed by atoms with Crippen molar-refractivity contribution in [1.82, 2.24) is 24.8 Å². The van der Waals surface area contributed by atoms with Crippen molar-refractivity contribution < 1.29 is 9.59 Å². The summed E-state index contributed by atoms with van der Waals surface area (Å²) in [6.45, 7) is 2.12. The zero-order valence-corrected chi connectivity index (χ0v) is 18.4. The molecule has 10 heteroatoms. The van der Waals surface area contributed by atoms with Gasteiger partial charge in [0.15, 0.2) is 0 Å². The van der Waals surface area contributed by atoms with E-state index < -0.39 is 0 Å². The minimum atomic E-state index is -0.335. The van der Waals surface area contributed by atoms with E-state index in [9.17, 15) is 9.59 Å². The van der Waals surface area contributed by atoms with Crippen molar-refractivity contribution in [3.8, 4) is 11.3 Å². The number of rotatable bonds is 4. The van der Waals surface area contributed by atoms with Crippen LogP contribution in [0.2, 0.25) is 0 Å². The summed E-state index contributed by atoms with van der Waals surface area (Å²) in [6, 6.07) is 7.39. The number of hydrogen-bond acceptors (Lipinski definition) is 7. The Hall–Kier alpha value is -3.79. The third kappa shape index (κ3) is 3.93. The normalized spacial score (nSPS) is 17.4. The van der Waals surface area contributed by atoms with Gasteiger partial charge in [0.1, 0.15) is 11.3 Å². The van der Waals surface area contributed by atoms with Gasteiger partial charge in [-0.15, -0.1) is 0 Å². The topological polar surface area (TPSA) is 135 Å². The Bertz CT molecular complexity index is 1220. The van der Waals surface area contributed by atoms with Gasteiger partial charge in [0.25, 0.3) is 0 Å². The molecule has 3 aromatic rings. The zero-order valence-electron chi connectivity index (χ0n) is 18.4. The van der Waals surface area contributed by atoms with Crippen molar-refractivity contribution in [2.75, 3.05) is 37.3 Å². The molecule has 0 atom stereocenters. The van der Waals surface area contributed by atoms with Crippen molar-refractivity contribution in [1.29, 1.82) is 0 Å². The van der Waals surface area contributed by atoms with E-state index in [4.69, 9.17) is 16.5 Å². The number of urea groups is 1. The largest absolute Gasteiger partial charge is 0.384 e. The Balaban J connectivity index is 1.56. The molecule has 0 unspecified atom stereocenters. The molecule has 0 spiro atoms. The number of carbonyl (C=O) groups excluding carboxylic acids is 2. The average molecular weight is 447 g/mol. The van der Waals surface area contributed by atoms with Crippen LogP contribution in [0.1, 0.15) is 18.4 Å². The molecule has 0 saturated carbocycles.